The van der Waals surface area contributed by atoms with E-state index >= 15 is 0 Å². The van der Waals surface area contributed by atoms with Crippen LogP contribution in [0.25, 0.3) is 21.8 Å². The number of rotatable bonds is 2. The first-order valence-corrected chi connectivity index (χ1v) is 7.87. The zero-order valence-corrected chi connectivity index (χ0v) is 13.6. The van der Waals surface area contributed by atoms with Gasteiger partial charge in [0.15, 0.2) is 0 Å². The maximum Gasteiger partial charge on any atom is 0.272 e. The number of aryl methyl sites for hydroxylation is 1. The minimum absolute atomic E-state index is 0.149. The maximum atomic E-state index is 12.6. The zero-order valence-electron chi connectivity index (χ0n) is 13.6. The second-order valence-corrected chi connectivity index (χ2v) is 5.99. The van der Waals surface area contributed by atoms with Crippen LogP contribution >= 0.6 is 0 Å². The molecule has 2 heterocycles. The Morgan fingerprint density at radius 3 is 2.75 bits per heavy atom. The molecule has 4 heteroatoms. The predicted octanol–water partition coefficient (Wildman–Crippen LogP) is 4.59. The molecule has 2 aromatic carbocycles. The lowest BCUT2D eigenvalue weighted by Gasteiger charge is -2.09. The summed E-state index contributed by atoms with van der Waals surface area (Å²) in [6, 6.07) is 15.7. The molecule has 4 nitrogen and oxygen atoms in total. The molecular weight excluding hydrogens is 298 g/mol. The number of H-pyrrole nitrogens is 1. The first-order chi connectivity index (χ1) is 11.6. The smallest absolute Gasteiger partial charge is 0.272 e. The van der Waals surface area contributed by atoms with Crippen LogP contribution in [-0.2, 0) is 0 Å². The Kier molecular flexibility index (Phi) is 3.31. The predicted molar refractivity (Wildman–Crippen MR) is 97.5 cm³/mol. The van der Waals surface area contributed by atoms with E-state index in [0.717, 1.165) is 38.6 Å². The van der Waals surface area contributed by atoms with Gasteiger partial charge < -0.3 is 10.3 Å². The minimum atomic E-state index is -0.149. The highest BCUT2D eigenvalue weighted by molar-refractivity contribution is 6.10. The third kappa shape index (κ3) is 2.33. The van der Waals surface area contributed by atoms with E-state index in [-0.39, 0.29) is 5.91 Å². The molecule has 2 N–H and O–H groups in total. The second kappa shape index (κ2) is 5.49. The maximum absolute atomic E-state index is 12.6. The van der Waals surface area contributed by atoms with Crippen LogP contribution in [-0.4, -0.2) is 15.9 Å². The Labute approximate surface area is 139 Å². The molecule has 1 amide bonds. The third-order valence-electron chi connectivity index (χ3n) is 4.46. The number of hydrogen-bond donors (Lipinski definition) is 2. The van der Waals surface area contributed by atoms with Crippen LogP contribution < -0.4 is 5.32 Å². The molecule has 0 fully saturated rings. The first-order valence-electron chi connectivity index (χ1n) is 7.87. The van der Waals surface area contributed by atoms with Gasteiger partial charge in [0, 0.05) is 22.7 Å². The van der Waals surface area contributed by atoms with Crippen molar-refractivity contribution in [3.63, 3.8) is 0 Å². The molecule has 0 atom stereocenters. The summed E-state index contributed by atoms with van der Waals surface area (Å²) in [5.41, 5.74) is 5.36. The van der Waals surface area contributed by atoms with Crippen LogP contribution in [0.4, 0.5) is 5.69 Å². The van der Waals surface area contributed by atoms with Gasteiger partial charge in [-0.1, -0.05) is 30.3 Å². The van der Waals surface area contributed by atoms with E-state index in [0.29, 0.717) is 5.69 Å². The quantitative estimate of drug-likeness (QED) is 0.568. The molecule has 4 aromatic rings. The molecule has 0 saturated heterocycles. The summed E-state index contributed by atoms with van der Waals surface area (Å²) >= 11 is 0. The summed E-state index contributed by atoms with van der Waals surface area (Å²) in [6.07, 6.45) is 1.76. The van der Waals surface area contributed by atoms with Crippen molar-refractivity contribution in [2.45, 2.75) is 13.8 Å². The lowest BCUT2D eigenvalue weighted by atomic mass is 10.1. The number of benzene rings is 2. The van der Waals surface area contributed by atoms with E-state index in [1.165, 1.54) is 0 Å². The van der Waals surface area contributed by atoms with Crippen molar-refractivity contribution >= 4 is 33.4 Å². The molecular formula is C20H17N3O. The summed E-state index contributed by atoms with van der Waals surface area (Å²) < 4.78 is 0. The number of anilines is 1. The number of carbonyl (C=O) groups is 1. The van der Waals surface area contributed by atoms with Gasteiger partial charge in [-0.25, -0.2) is 0 Å². The van der Waals surface area contributed by atoms with Gasteiger partial charge in [-0.15, -0.1) is 0 Å². The number of fused-ring (bicyclic) bond motifs is 3. The summed E-state index contributed by atoms with van der Waals surface area (Å²) in [5.74, 6) is -0.149. The summed E-state index contributed by atoms with van der Waals surface area (Å²) in [7, 11) is 0. The lowest BCUT2D eigenvalue weighted by molar-refractivity contribution is 0.102. The van der Waals surface area contributed by atoms with E-state index in [1.807, 2.05) is 62.4 Å². The Balaban J connectivity index is 1.75. The zero-order chi connectivity index (χ0) is 16.7. The van der Waals surface area contributed by atoms with Gasteiger partial charge in [-0.2, -0.15) is 0 Å². The van der Waals surface area contributed by atoms with Crippen LogP contribution in [0.1, 0.15) is 21.6 Å². The molecule has 0 aliphatic rings. The van der Waals surface area contributed by atoms with Gasteiger partial charge in [0.05, 0.1) is 11.0 Å². The molecule has 0 bridgehead atoms. The van der Waals surface area contributed by atoms with Crippen molar-refractivity contribution in [1.82, 2.24) is 9.97 Å². The number of pyridine rings is 1. The Morgan fingerprint density at radius 1 is 1.04 bits per heavy atom. The summed E-state index contributed by atoms with van der Waals surface area (Å²) in [6.45, 7) is 4.04. The van der Waals surface area contributed by atoms with Crippen LogP contribution in [0.3, 0.4) is 0 Å². The fourth-order valence-electron chi connectivity index (χ4n) is 2.94. The molecule has 0 aliphatic heterocycles. The average molecular weight is 315 g/mol. The number of amides is 1. The largest absolute Gasteiger partial charge is 0.349 e. The number of aromatic amines is 1. The average Bonchev–Trinajstić information content (AvgIpc) is 3.04. The molecule has 0 unspecified atom stereocenters. The van der Waals surface area contributed by atoms with E-state index in [2.05, 4.69) is 15.3 Å². The highest BCUT2D eigenvalue weighted by Gasteiger charge is 2.13. The van der Waals surface area contributed by atoms with Gasteiger partial charge in [0.1, 0.15) is 5.69 Å². The van der Waals surface area contributed by atoms with E-state index < -0.39 is 0 Å². The van der Waals surface area contributed by atoms with E-state index in [1.54, 1.807) is 6.20 Å². The van der Waals surface area contributed by atoms with Gasteiger partial charge in [-0.05, 0) is 43.2 Å². The normalized spacial score (nSPS) is 11.1. The number of hydrogen-bond acceptors (Lipinski definition) is 2. The van der Waals surface area contributed by atoms with E-state index in [4.69, 9.17) is 0 Å². The summed E-state index contributed by atoms with van der Waals surface area (Å²) in [5, 5.41) is 5.01. The SMILES string of the molecule is Cc1cccc(NC(=O)c2cc3ccc4cccnc4c3[nH]2)c1C. The fourth-order valence-corrected chi connectivity index (χ4v) is 2.94. The van der Waals surface area contributed by atoms with Crippen LogP contribution in [0.2, 0.25) is 0 Å². The van der Waals surface area contributed by atoms with E-state index in [9.17, 15) is 4.79 Å². The molecule has 0 radical (unpaired) electrons. The van der Waals surface area contributed by atoms with Crippen molar-refractivity contribution < 1.29 is 4.79 Å². The van der Waals surface area contributed by atoms with Gasteiger partial charge >= 0.3 is 0 Å². The highest BCUT2D eigenvalue weighted by atomic mass is 16.1. The molecule has 2 aromatic heterocycles. The van der Waals surface area contributed by atoms with Crippen molar-refractivity contribution in [3.05, 3.63) is 71.5 Å². The lowest BCUT2D eigenvalue weighted by Crippen LogP contribution is -2.13. The number of nitrogens with zero attached hydrogens (tertiary/aromatic N) is 1. The van der Waals surface area contributed by atoms with Gasteiger partial charge in [0.2, 0.25) is 0 Å². The number of aromatic nitrogens is 2. The standard InChI is InChI=1S/C20H17N3O/c1-12-5-3-7-16(13(12)2)23-20(24)17-11-15-9-8-14-6-4-10-21-18(14)19(15)22-17/h3-11,22H,1-2H3,(H,23,24). The van der Waals surface area contributed by atoms with Crippen molar-refractivity contribution in [2.75, 3.05) is 5.32 Å². The molecule has 0 spiro atoms. The fraction of sp³-hybridized carbons (Fsp3) is 0.100. The number of nitrogens with one attached hydrogen (secondary N) is 2. The minimum Gasteiger partial charge on any atom is -0.349 e. The molecule has 24 heavy (non-hydrogen) atoms. The first kappa shape index (κ1) is 14.5. The monoisotopic (exact) mass is 315 g/mol. The molecule has 0 saturated carbocycles. The Morgan fingerprint density at radius 2 is 1.88 bits per heavy atom. The molecule has 0 aliphatic carbocycles. The van der Waals surface area contributed by atoms with Gasteiger partial charge in [-0.3, -0.25) is 9.78 Å². The van der Waals surface area contributed by atoms with Crippen molar-refractivity contribution in [1.29, 1.82) is 0 Å². The van der Waals surface area contributed by atoms with Crippen LogP contribution in [0.15, 0.2) is 54.7 Å². The number of carbonyl (C=O) groups excluding carboxylic acids is 1. The van der Waals surface area contributed by atoms with Crippen LogP contribution in [0, 0.1) is 13.8 Å². The molecule has 118 valence electrons. The highest BCUT2D eigenvalue weighted by Crippen LogP contribution is 2.25. The van der Waals surface area contributed by atoms with Crippen LogP contribution in [0.5, 0.6) is 0 Å². The third-order valence-corrected chi connectivity index (χ3v) is 4.46. The van der Waals surface area contributed by atoms with Gasteiger partial charge in [0.25, 0.3) is 5.91 Å². The van der Waals surface area contributed by atoms with Crippen molar-refractivity contribution in [2.24, 2.45) is 0 Å². The Bertz CT molecular complexity index is 1080. The van der Waals surface area contributed by atoms with Crippen molar-refractivity contribution in [3.8, 4) is 0 Å². The Hall–Kier alpha value is -3.14. The topological polar surface area (TPSA) is 57.8 Å². The second-order valence-electron chi connectivity index (χ2n) is 5.99. The molecule has 4 rings (SSSR count). The summed E-state index contributed by atoms with van der Waals surface area (Å²) in [4.78, 5) is 20.3.